The molecule has 28 heavy (non-hydrogen) atoms. The second-order valence-electron chi connectivity index (χ2n) is 6.46. The van der Waals surface area contributed by atoms with Crippen molar-refractivity contribution in [2.45, 2.75) is 17.3 Å². The molecule has 0 spiro atoms. The fraction of sp³-hybridized carbons (Fsp3) is 0.286. The molecule has 0 amide bonds. The Bertz CT molecular complexity index is 887. The predicted molar refractivity (Wildman–Crippen MR) is 113 cm³/mol. The van der Waals surface area contributed by atoms with Crippen LogP contribution in [0.4, 0.5) is 11.6 Å². The van der Waals surface area contributed by atoms with Gasteiger partial charge in [-0.1, -0.05) is 36.4 Å². The fourth-order valence-corrected chi connectivity index (χ4v) is 3.85. The first kappa shape index (κ1) is 18.7. The van der Waals surface area contributed by atoms with Crippen molar-refractivity contribution in [3.05, 3.63) is 72.2 Å². The predicted octanol–water partition coefficient (Wildman–Crippen LogP) is 3.61. The van der Waals surface area contributed by atoms with E-state index in [2.05, 4.69) is 55.5 Å². The third-order valence-corrected chi connectivity index (χ3v) is 5.45. The van der Waals surface area contributed by atoms with Crippen LogP contribution in [-0.4, -0.2) is 41.3 Å². The van der Waals surface area contributed by atoms with Crippen molar-refractivity contribution in [2.24, 2.45) is 0 Å². The quantitative estimate of drug-likeness (QED) is 0.615. The second kappa shape index (κ2) is 9.52. The maximum atomic E-state index is 5.45. The van der Waals surface area contributed by atoms with Gasteiger partial charge in [0.05, 0.1) is 25.6 Å². The van der Waals surface area contributed by atoms with Gasteiger partial charge in [0.15, 0.2) is 0 Å². The Morgan fingerprint density at radius 3 is 2.75 bits per heavy atom. The van der Waals surface area contributed by atoms with Crippen LogP contribution >= 0.6 is 11.8 Å². The molecule has 0 aliphatic carbocycles. The number of morpholine rings is 1. The van der Waals surface area contributed by atoms with Gasteiger partial charge in [-0.05, 0) is 11.6 Å². The van der Waals surface area contributed by atoms with Crippen LogP contribution in [-0.2, 0) is 17.0 Å². The Kier molecular flexibility index (Phi) is 6.36. The van der Waals surface area contributed by atoms with Crippen molar-refractivity contribution in [3.63, 3.8) is 0 Å². The fourth-order valence-electron chi connectivity index (χ4n) is 3.05. The summed E-state index contributed by atoms with van der Waals surface area (Å²) in [6.45, 7) is 3.89. The Hall–Kier alpha value is -2.64. The Morgan fingerprint density at radius 1 is 1.04 bits per heavy atom. The summed E-state index contributed by atoms with van der Waals surface area (Å²) in [6.07, 6.45) is 5.41. The molecule has 1 aromatic carbocycles. The number of ether oxygens (including phenoxy) is 1. The minimum atomic E-state index is 0.655. The molecule has 144 valence electrons. The standard InChI is InChI=1S/C21H23N5OS/c1-2-5-17(6-3-1)16-28-20-15-22-14-19(25-20)24-13-18-7-4-8-23-21(18)26-9-11-27-12-10-26/h1-8,14-15H,9-13,16H2,(H,24,25). The molecule has 7 heteroatoms. The van der Waals surface area contributed by atoms with E-state index in [0.29, 0.717) is 6.54 Å². The molecule has 1 N–H and O–H groups in total. The van der Waals surface area contributed by atoms with Crippen LogP contribution in [0.2, 0.25) is 0 Å². The summed E-state index contributed by atoms with van der Waals surface area (Å²) >= 11 is 1.69. The van der Waals surface area contributed by atoms with Gasteiger partial charge < -0.3 is 15.0 Å². The zero-order chi connectivity index (χ0) is 19.0. The van der Waals surface area contributed by atoms with Crippen LogP contribution in [0.15, 0.2) is 66.1 Å². The molecule has 2 aromatic heterocycles. The van der Waals surface area contributed by atoms with E-state index in [9.17, 15) is 0 Å². The van der Waals surface area contributed by atoms with E-state index < -0.39 is 0 Å². The number of anilines is 2. The highest BCUT2D eigenvalue weighted by Crippen LogP contribution is 2.22. The minimum absolute atomic E-state index is 0.655. The van der Waals surface area contributed by atoms with Crippen molar-refractivity contribution in [3.8, 4) is 0 Å². The number of hydrogen-bond acceptors (Lipinski definition) is 7. The average molecular weight is 394 g/mol. The van der Waals surface area contributed by atoms with Crippen LogP contribution in [0.5, 0.6) is 0 Å². The van der Waals surface area contributed by atoms with Crippen LogP contribution in [0.3, 0.4) is 0 Å². The highest BCUT2D eigenvalue weighted by atomic mass is 32.2. The number of aromatic nitrogens is 3. The Morgan fingerprint density at radius 2 is 1.89 bits per heavy atom. The molecule has 1 aliphatic rings. The van der Waals surface area contributed by atoms with E-state index in [1.807, 2.05) is 24.5 Å². The average Bonchev–Trinajstić information content (AvgIpc) is 2.78. The van der Waals surface area contributed by atoms with E-state index in [4.69, 9.17) is 4.74 Å². The molecule has 1 aliphatic heterocycles. The van der Waals surface area contributed by atoms with E-state index in [-0.39, 0.29) is 0 Å². The summed E-state index contributed by atoms with van der Waals surface area (Å²) in [7, 11) is 0. The lowest BCUT2D eigenvalue weighted by Gasteiger charge is -2.29. The second-order valence-corrected chi connectivity index (χ2v) is 7.45. The molecule has 6 nitrogen and oxygen atoms in total. The molecule has 0 radical (unpaired) electrons. The van der Waals surface area contributed by atoms with Crippen molar-refractivity contribution < 1.29 is 4.74 Å². The number of nitrogens with zero attached hydrogens (tertiary/aromatic N) is 4. The van der Waals surface area contributed by atoms with E-state index in [1.54, 1.807) is 18.0 Å². The van der Waals surface area contributed by atoms with Gasteiger partial charge in [0.1, 0.15) is 16.7 Å². The molecule has 0 bridgehead atoms. The SMILES string of the molecule is c1ccc(CSc2cncc(NCc3cccnc3N3CCOCC3)n2)cc1. The van der Waals surface area contributed by atoms with Crippen molar-refractivity contribution in [1.82, 2.24) is 15.0 Å². The topological polar surface area (TPSA) is 63.2 Å². The summed E-state index contributed by atoms with van der Waals surface area (Å²) in [5.41, 5.74) is 2.42. The maximum Gasteiger partial charge on any atom is 0.146 e. The van der Waals surface area contributed by atoms with Crippen molar-refractivity contribution >= 4 is 23.4 Å². The minimum Gasteiger partial charge on any atom is -0.378 e. The maximum absolute atomic E-state index is 5.45. The number of nitrogens with one attached hydrogen (secondary N) is 1. The van der Waals surface area contributed by atoms with Crippen LogP contribution in [0, 0.1) is 0 Å². The highest BCUT2D eigenvalue weighted by molar-refractivity contribution is 7.98. The highest BCUT2D eigenvalue weighted by Gasteiger charge is 2.15. The summed E-state index contributed by atoms with van der Waals surface area (Å²) in [5.74, 6) is 2.67. The Labute approximate surface area is 169 Å². The van der Waals surface area contributed by atoms with Crippen LogP contribution in [0.25, 0.3) is 0 Å². The molecular formula is C21H23N5OS. The lowest BCUT2D eigenvalue weighted by Crippen LogP contribution is -2.37. The third kappa shape index (κ3) is 4.99. The molecule has 4 rings (SSSR count). The van der Waals surface area contributed by atoms with Gasteiger partial charge in [0.2, 0.25) is 0 Å². The summed E-state index contributed by atoms with van der Waals surface area (Å²) < 4.78 is 5.45. The number of benzene rings is 1. The monoisotopic (exact) mass is 393 g/mol. The first-order valence-corrected chi connectivity index (χ1v) is 10.4. The molecule has 1 saturated heterocycles. The normalized spacial score (nSPS) is 14.1. The first-order chi connectivity index (χ1) is 13.9. The van der Waals surface area contributed by atoms with Gasteiger partial charge >= 0.3 is 0 Å². The molecule has 3 aromatic rings. The summed E-state index contributed by atoms with van der Waals surface area (Å²) in [6, 6.07) is 14.5. The molecule has 3 heterocycles. The smallest absolute Gasteiger partial charge is 0.146 e. The lowest BCUT2D eigenvalue weighted by atomic mass is 10.2. The van der Waals surface area contributed by atoms with Crippen molar-refractivity contribution in [2.75, 3.05) is 36.5 Å². The molecular weight excluding hydrogens is 370 g/mol. The zero-order valence-corrected chi connectivity index (χ0v) is 16.4. The van der Waals surface area contributed by atoms with Crippen molar-refractivity contribution in [1.29, 1.82) is 0 Å². The van der Waals surface area contributed by atoms with E-state index in [0.717, 1.165) is 54.3 Å². The largest absolute Gasteiger partial charge is 0.378 e. The van der Waals surface area contributed by atoms with Crippen LogP contribution < -0.4 is 10.2 Å². The lowest BCUT2D eigenvalue weighted by molar-refractivity contribution is 0.122. The van der Waals surface area contributed by atoms with Crippen LogP contribution in [0.1, 0.15) is 11.1 Å². The molecule has 1 fully saturated rings. The number of thioether (sulfide) groups is 1. The van der Waals surface area contributed by atoms with Gasteiger partial charge in [0, 0.05) is 37.1 Å². The van der Waals surface area contributed by atoms with Gasteiger partial charge in [-0.15, -0.1) is 11.8 Å². The van der Waals surface area contributed by atoms with E-state index in [1.165, 1.54) is 5.56 Å². The van der Waals surface area contributed by atoms with Gasteiger partial charge in [-0.25, -0.2) is 9.97 Å². The van der Waals surface area contributed by atoms with Gasteiger partial charge in [0.25, 0.3) is 0 Å². The summed E-state index contributed by atoms with van der Waals surface area (Å²) in [5, 5.41) is 4.30. The molecule has 0 unspecified atom stereocenters. The molecule has 0 saturated carbocycles. The Balaban J connectivity index is 1.39. The number of hydrogen-bond donors (Lipinski definition) is 1. The first-order valence-electron chi connectivity index (χ1n) is 9.38. The van der Waals surface area contributed by atoms with E-state index >= 15 is 0 Å². The number of rotatable bonds is 7. The third-order valence-electron chi connectivity index (χ3n) is 4.48. The number of pyridine rings is 1. The zero-order valence-electron chi connectivity index (χ0n) is 15.6. The summed E-state index contributed by atoms with van der Waals surface area (Å²) in [4.78, 5) is 15.9. The van der Waals surface area contributed by atoms with Gasteiger partial charge in [-0.3, -0.25) is 4.98 Å². The molecule has 0 atom stereocenters. The van der Waals surface area contributed by atoms with Gasteiger partial charge in [-0.2, -0.15) is 0 Å².